The van der Waals surface area contributed by atoms with Gasteiger partial charge in [-0.2, -0.15) is 0 Å². The molecule has 0 spiro atoms. The fraction of sp³-hybridized carbons (Fsp3) is 0.438. The van der Waals surface area contributed by atoms with Crippen molar-refractivity contribution in [2.75, 3.05) is 13.1 Å². The third-order valence-corrected chi connectivity index (χ3v) is 3.93. The van der Waals surface area contributed by atoms with Crippen molar-refractivity contribution < 1.29 is 4.79 Å². The van der Waals surface area contributed by atoms with Crippen LogP contribution in [-0.2, 0) is 11.3 Å². The van der Waals surface area contributed by atoms with E-state index in [1.165, 1.54) is 10.9 Å². The van der Waals surface area contributed by atoms with Crippen LogP contribution in [0.3, 0.4) is 0 Å². The standard InChI is InChI=1S/C16H21N3O/c20-16(14-6-3-9-17-14)18-10-4-11-19-12-8-13-5-1-2-7-15(13)19/h1-2,5,7-8,12,14,17H,3-4,6,9-11H2,(H,18,20)/t14-/m0/s1. The van der Waals surface area contributed by atoms with E-state index in [0.29, 0.717) is 0 Å². The smallest absolute Gasteiger partial charge is 0.237 e. The highest BCUT2D eigenvalue weighted by Gasteiger charge is 2.20. The zero-order chi connectivity index (χ0) is 13.8. The SMILES string of the molecule is O=C(NCCCn1ccc2ccccc21)[C@@H]1CCCN1. The number of carbonyl (C=O) groups is 1. The number of rotatable bonds is 5. The van der Waals surface area contributed by atoms with E-state index in [0.717, 1.165) is 38.9 Å². The number of hydrogen-bond donors (Lipinski definition) is 2. The Labute approximate surface area is 119 Å². The van der Waals surface area contributed by atoms with Crippen molar-refractivity contribution in [3.05, 3.63) is 36.5 Å². The molecule has 1 aromatic carbocycles. The first-order valence-electron chi connectivity index (χ1n) is 7.39. The van der Waals surface area contributed by atoms with Crippen LogP contribution < -0.4 is 10.6 Å². The van der Waals surface area contributed by atoms with Crippen molar-refractivity contribution in [1.29, 1.82) is 0 Å². The Hall–Kier alpha value is -1.81. The molecule has 1 aliphatic rings. The molecule has 0 bridgehead atoms. The van der Waals surface area contributed by atoms with Crippen LogP contribution in [0.1, 0.15) is 19.3 Å². The van der Waals surface area contributed by atoms with Gasteiger partial charge in [-0.3, -0.25) is 4.79 Å². The summed E-state index contributed by atoms with van der Waals surface area (Å²) in [5.74, 6) is 0.153. The Morgan fingerprint density at radius 3 is 3.10 bits per heavy atom. The van der Waals surface area contributed by atoms with Crippen LogP contribution in [0, 0.1) is 0 Å². The highest BCUT2D eigenvalue weighted by Crippen LogP contribution is 2.15. The summed E-state index contributed by atoms with van der Waals surface area (Å²) < 4.78 is 2.25. The second kappa shape index (κ2) is 6.09. The number of aromatic nitrogens is 1. The van der Waals surface area contributed by atoms with Gasteiger partial charge in [0.15, 0.2) is 0 Å². The van der Waals surface area contributed by atoms with Crippen LogP contribution in [0.5, 0.6) is 0 Å². The molecule has 0 aliphatic carbocycles. The van der Waals surface area contributed by atoms with Gasteiger partial charge in [0, 0.05) is 24.8 Å². The molecule has 106 valence electrons. The van der Waals surface area contributed by atoms with Gasteiger partial charge < -0.3 is 15.2 Å². The van der Waals surface area contributed by atoms with E-state index in [1.54, 1.807) is 0 Å². The van der Waals surface area contributed by atoms with Crippen molar-refractivity contribution >= 4 is 16.8 Å². The summed E-state index contributed by atoms with van der Waals surface area (Å²) >= 11 is 0. The van der Waals surface area contributed by atoms with Gasteiger partial charge >= 0.3 is 0 Å². The highest BCUT2D eigenvalue weighted by atomic mass is 16.2. The predicted molar refractivity (Wildman–Crippen MR) is 80.6 cm³/mol. The van der Waals surface area contributed by atoms with E-state index in [2.05, 4.69) is 51.7 Å². The van der Waals surface area contributed by atoms with Crippen molar-refractivity contribution in [2.24, 2.45) is 0 Å². The number of aryl methyl sites for hydroxylation is 1. The van der Waals surface area contributed by atoms with E-state index in [1.807, 2.05) is 0 Å². The molecule has 1 saturated heterocycles. The van der Waals surface area contributed by atoms with E-state index in [4.69, 9.17) is 0 Å². The molecule has 0 saturated carbocycles. The number of para-hydroxylation sites is 1. The summed E-state index contributed by atoms with van der Waals surface area (Å²) in [5, 5.41) is 7.51. The van der Waals surface area contributed by atoms with Gasteiger partial charge in [0.1, 0.15) is 0 Å². The summed E-state index contributed by atoms with van der Waals surface area (Å²) in [6.07, 6.45) is 5.14. The molecule has 3 rings (SSSR count). The van der Waals surface area contributed by atoms with Gasteiger partial charge in [0.2, 0.25) is 5.91 Å². The number of benzene rings is 1. The Morgan fingerprint density at radius 1 is 1.35 bits per heavy atom. The van der Waals surface area contributed by atoms with Gasteiger partial charge in [-0.1, -0.05) is 18.2 Å². The third-order valence-electron chi connectivity index (χ3n) is 3.93. The molecule has 0 unspecified atom stereocenters. The fourth-order valence-corrected chi connectivity index (χ4v) is 2.83. The van der Waals surface area contributed by atoms with E-state index >= 15 is 0 Å². The first-order valence-corrected chi connectivity index (χ1v) is 7.39. The van der Waals surface area contributed by atoms with Crippen molar-refractivity contribution in [1.82, 2.24) is 15.2 Å². The minimum Gasteiger partial charge on any atom is -0.355 e. The Balaban J connectivity index is 1.47. The zero-order valence-corrected chi connectivity index (χ0v) is 11.6. The van der Waals surface area contributed by atoms with Crippen molar-refractivity contribution in [3.63, 3.8) is 0 Å². The summed E-state index contributed by atoms with van der Waals surface area (Å²) in [7, 11) is 0. The zero-order valence-electron chi connectivity index (χ0n) is 11.6. The minimum absolute atomic E-state index is 0.0300. The number of amides is 1. The van der Waals surface area contributed by atoms with Crippen molar-refractivity contribution in [3.8, 4) is 0 Å². The minimum atomic E-state index is 0.0300. The lowest BCUT2D eigenvalue weighted by Gasteiger charge is -2.11. The van der Waals surface area contributed by atoms with Gasteiger partial charge in [-0.25, -0.2) is 0 Å². The molecule has 4 nitrogen and oxygen atoms in total. The number of nitrogens with zero attached hydrogens (tertiary/aromatic N) is 1. The second-order valence-electron chi connectivity index (χ2n) is 5.36. The molecule has 1 aromatic heterocycles. The van der Waals surface area contributed by atoms with Crippen LogP contribution in [0.2, 0.25) is 0 Å². The summed E-state index contributed by atoms with van der Waals surface area (Å²) in [6, 6.07) is 10.5. The van der Waals surface area contributed by atoms with Crippen molar-refractivity contribution in [2.45, 2.75) is 31.8 Å². The molecule has 1 atom stereocenters. The molecule has 2 N–H and O–H groups in total. The quantitative estimate of drug-likeness (QED) is 0.816. The average molecular weight is 271 g/mol. The monoisotopic (exact) mass is 271 g/mol. The lowest BCUT2D eigenvalue weighted by Crippen LogP contribution is -2.40. The molecule has 4 heteroatoms. The largest absolute Gasteiger partial charge is 0.355 e. The summed E-state index contributed by atoms with van der Waals surface area (Å²) in [5.41, 5.74) is 1.26. The number of carbonyl (C=O) groups excluding carboxylic acids is 1. The maximum absolute atomic E-state index is 11.8. The highest BCUT2D eigenvalue weighted by molar-refractivity contribution is 5.82. The second-order valence-corrected chi connectivity index (χ2v) is 5.36. The van der Waals surface area contributed by atoms with Gasteiger partial charge in [-0.05, 0) is 43.3 Å². The van der Waals surface area contributed by atoms with Crippen LogP contribution in [0.4, 0.5) is 0 Å². The summed E-state index contributed by atoms with van der Waals surface area (Å²) in [4.78, 5) is 11.8. The van der Waals surface area contributed by atoms with Crippen LogP contribution in [-0.4, -0.2) is 29.6 Å². The normalized spacial score (nSPS) is 18.5. The fourth-order valence-electron chi connectivity index (χ4n) is 2.83. The molecule has 0 radical (unpaired) electrons. The maximum atomic E-state index is 11.8. The van der Waals surface area contributed by atoms with Crippen LogP contribution >= 0.6 is 0 Å². The predicted octanol–water partition coefficient (Wildman–Crippen LogP) is 1.90. The number of hydrogen-bond acceptors (Lipinski definition) is 2. The number of fused-ring (bicyclic) bond motifs is 1. The molecular formula is C16H21N3O. The third kappa shape index (κ3) is 2.85. The molecule has 1 fully saturated rings. The van der Waals surface area contributed by atoms with Crippen LogP contribution in [0.25, 0.3) is 10.9 Å². The average Bonchev–Trinajstić information content (AvgIpc) is 3.13. The molecule has 1 amide bonds. The molecular weight excluding hydrogens is 250 g/mol. The lowest BCUT2D eigenvalue weighted by molar-refractivity contribution is -0.122. The summed E-state index contributed by atoms with van der Waals surface area (Å²) in [6.45, 7) is 2.64. The molecule has 2 aromatic rings. The number of nitrogens with one attached hydrogen (secondary N) is 2. The Kier molecular flexibility index (Phi) is 4.02. The maximum Gasteiger partial charge on any atom is 0.237 e. The molecule has 2 heterocycles. The topological polar surface area (TPSA) is 46.1 Å². The van der Waals surface area contributed by atoms with Crippen LogP contribution in [0.15, 0.2) is 36.5 Å². The van der Waals surface area contributed by atoms with E-state index in [-0.39, 0.29) is 11.9 Å². The Morgan fingerprint density at radius 2 is 2.25 bits per heavy atom. The molecule has 20 heavy (non-hydrogen) atoms. The van der Waals surface area contributed by atoms with Gasteiger partial charge in [0.05, 0.1) is 6.04 Å². The first-order chi connectivity index (χ1) is 9.84. The van der Waals surface area contributed by atoms with E-state index in [9.17, 15) is 4.79 Å². The lowest BCUT2D eigenvalue weighted by atomic mass is 10.2. The van der Waals surface area contributed by atoms with E-state index < -0.39 is 0 Å². The Bertz CT molecular complexity index is 584. The molecule has 1 aliphatic heterocycles. The first kappa shape index (κ1) is 13.2. The van der Waals surface area contributed by atoms with Gasteiger partial charge in [0.25, 0.3) is 0 Å². The van der Waals surface area contributed by atoms with Gasteiger partial charge in [-0.15, -0.1) is 0 Å².